The molecule has 0 radical (unpaired) electrons. The van der Waals surface area contributed by atoms with E-state index in [1.165, 1.54) is 0 Å². The third-order valence-corrected chi connectivity index (χ3v) is 3.61. The predicted octanol–water partition coefficient (Wildman–Crippen LogP) is 1.46. The van der Waals surface area contributed by atoms with Crippen molar-refractivity contribution < 1.29 is 32.9 Å². The number of hydrogen-bond donors (Lipinski definition) is 2. The average molecular weight is 324 g/mol. The Hall–Kier alpha value is -0.720. The Labute approximate surface area is 126 Å². The maximum Gasteiger partial charge on any atom is 0.469 e. The van der Waals surface area contributed by atoms with Crippen LogP contribution in [0.15, 0.2) is 12.7 Å². The summed E-state index contributed by atoms with van der Waals surface area (Å²) in [6.45, 7) is 3.69. The largest absolute Gasteiger partial charge is 0.469 e. The quantitative estimate of drug-likeness (QED) is 0.196. The molecule has 0 aliphatic rings. The van der Waals surface area contributed by atoms with E-state index in [1.54, 1.807) is 0 Å². The lowest BCUT2D eigenvalue weighted by Crippen LogP contribution is -2.47. The van der Waals surface area contributed by atoms with Gasteiger partial charge in [0.15, 0.2) is 0 Å². The van der Waals surface area contributed by atoms with Crippen molar-refractivity contribution in [2.45, 2.75) is 31.7 Å². The molecule has 0 saturated heterocycles. The second kappa shape index (κ2) is 9.33. The van der Waals surface area contributed by atoms with Crippen LogP contribution in [-0.2, 0) is 18.6 Å². The minimum absolute atomic E-state index is 0.00616. The molecule has 0 saturated carbocycles. The van der Waals surface area contributed by atoms with E-state index < -0.39 is 13.8 Å². The number of phosphoric acid groups is 1. The molecule has 8 heteroatoms. The zero-order valence-corrected chi connectivity index (χ0v) is 13.9. The first-order chi connectivity index (χ1) is 9.56. The standard InChI is InChI=1S/C13H26NO6P/c1-5-13(15)19-10-8-6-7-9-12(14(2,3)4)11-20-21(16,17)18/h5,12H,1,6-11H2,2-4H3,(H-,16,17,18)/p+1. The Kier molecular flexibility index (Phi) is 9.01. The Morgan fingerprint density at radius 2 is 1.90 bits per heavy atom. The minimum atomic E-state index is -4.43. The second-order valence-corrected chi connectivity index (χ2v) is 7.02. The summed E-state index contributed by atoms with van der Waals surface area (Å²) in [7, 11) is 1.44. The van der Waals surface area contributed by atoms with Crippen LogP contribution in [0, 0.1) is 0 Å². The average Bonchev–Trinajstić information content (AvgIpc) is 2.33. The molecule has 2 N–H and O–H groups in total. The highest BCUT2D eigenvalue weighted by molar-refractivity contribution is 7.46. The number of unbranched alkanes of at least 4 members (excludes halogenated alkanes) is 2. The Morgan fingerprint density at radius 1 is 1.29 bits per heavy atom. The second-order valence-electron chi connectivity index (χ2n) is 5.78. The summed E-state index contributed by atoms with van der Waals surface area (Å²) in [6.07, 6.45) is 4.40. The van der Waals surface area contributed by atoms with E-state index >= 15 is 0 Å². The molecular formula is C13H27NO6P+. The Balaban J connectivity index is 4.00. The summed E-state index contributed by atoms with van der Waals surface area (Å²) >= 11 is 0. The van der Waals surface area contributed by atoms with Gasteiger partial charge in [-0.05, 0) is 19.3 Å². The fourth-order valence-corrected chi connectivity index (χ4v) is 2.13. The summed E-state index contributed by atoms with van der Waals surface area (Å²) in [5, 5.41) is 0. The number of carbonyl (C=O) groups is 1. The van der Waals surface area contributed by atoms with Crippen molar-refractivity contribution in [2.24, 2.45) is 0 Å². The van der Waals surface area contributed by atoms with E-state index in [2.05, 4.69) is 11.1 Å². The molecule has 1 unspecified atom stereocenters. The first-order valence-electron chi connectivity index (χ1n) is 6.86. The molecule has 0 heterocycles. The maximum atomic E-state index is 10.8. The number of quaternary nitrogens is 1. The number of ether oxygens (including phenoxy) is 1. The molecule has 0 spiro atoms. The van der Waals surface area contributed by atoms with Crippen LogP contribution in [0.2, 0.25) is 0 Å². The molecule has 21 heavy (non-hydrogen) atoms. The molecular weight excluding hydrogens is 297 g/mol. The van der Waals surface area contributed by atoms with E-state index in [0.29, 0.717) is 11.1 Å². The van der Waals surface area contributed by atoms with Gasteiger partial charge in [-0.1, -0.05) is 6.58 Å². The number of phosphoric ester groups is 1. The molecule has 0 aromatic heterocycles. The van der Waals surface area contributed by atoms with Crippen LogP contribution in [0.1, 0.15) is 25.7 Å². The maximum absolute atomic E-state index is 10.8. The van der Waals surface area contributed by atoms with Crippen LogP contribution in [0.5, 0.6) is 0 Å². The third-order valence-electron chi connectivity index (χ3n) is 3.12. The van der Waals surface area contributed by atoms with Crippen LogP contribution < -0.4 is 0 Å². The van der Waals surface area contributed by atoms with Crippen molar-refractivity contribution in [3.8, 4) is 0 Å². The summed E-state index contributed by atoms with van der Waals surface area (Å²) in [6, 6.07) is -0.00616. The van der Waals surface area contributed by atoms with Gasteiger partial charge in [0.25, 0.3) is 0 Å². The first kappa shape index (κ1) is 20.3. The third kappa shape index (κ3) is 11.6. The van der Waals surface area contributed by atoms with E-state index in [1.807, 2.05) is 21.1 Å². The van der Waals surface area contributed by atoms with Crippen LogP contribution in [-0.4, -0.2) is 60.6 Å². The molecule has 0 aliphatic carbocycles. The topological polar surface area (TPSA) is 93.1 Å². The monoisotopic (exact) mass is 324 g/mol. The Morgan fingerprint density at radius 3 is 2.38 bits per heavy atom. The van der Waals surface area contributed by atoms with Gasteiger partial charge in [0.1, 0.15) is 12.6 Å². The van der Waals surface area contributed by atoms with E-state index in [0.717, 1.165) is 31.8 Å². The van der Waals surface area contributed by atoms with Gasteiger partial charge in [-0.15, -0.1) is 0 Å². The lowest BCUT2D eigenvalue weighted by atomic mass is 10.1. The van der Waals surface area contributed by atoms with Crippen molar-refractivity contribution in [1.82, 2.24) is 0 Å². The highest BCUT2D eigenvalue weighted by Gasteiger charge is 2.27. The van der Waals surface area contributed by atoms with Gasteiger partial charge < -0.3 is 19.0 Å². The fraction of sp³-hybridized carbons (Fsp3) is 0.769. The van der Waals surface area contributed by atoms with Gasteiger partial charge in [0.05, 0.1) is 27.7 Å². The number of carbonyl (C=O) groups excluding carboxylic acids is 1. The van der Waals surface area contributed by atoms with Crippen LogP contribution in [0.4, 0.5) is 0 Å². The highest BCUT2D eigenvalue weighted by atomic mass is 31.2. The molecule has 0 aliphatic heterocycles. The molecule has 7 nitrogen and oxygen atoms in total. The van der Waals surface area contributed by atoms with Crippen LogP contribution in [0.3, 0.4) is 0 Å². The van der Waals surface area contributed by atoms with Gasteiger partial charge in [0, 0.05) is 12.5 Å². The van der Waals surface area contributed by atoms with Gasteiger partial charge in [-0.25, -0.2) is 9.36 Å². The van der Waals surface area contributed by atoms with E-state index in [9.17, 15) is 9.36 Å². The SMILES string of the molecule is C=CC(=O)OCCCCCC(COP(=O)(O)O)[N+](C)(C)C. The number of hydrogen-bond acceptors (Lipinski definition) is 4. The first-order valence-corrected chi connectivity index (χ1v) is 8.39. The fourth-order valence-electron chi connectivity index (χ4n) is 1.77. The smallest absolute Gasteiger partial charge is 0.463 e. The number of nitrogens with zero attached hydrogens (tertiary/aromatic N) is 1. The zero-order chi connectivity index (χ0) is 16.5. The molecule has 0 bridgehead atoms. The van der Waals surface area contributed by atoms with Gasteiger partial charge in [-0.3, -0.25) is 4.52 Å². The van der Waals surface area contributed by atoms with Crippen molar-refractivity contribution in [3.63, 3.8) is 0 Å². The summed E-state index contributed by atoms with van der Waals surface area (Å²) in [5.74, 6) is -0.422. The van der Waals surface area contributed by atoms with Gasteiger partial charge in [-0.2, -0.15) is 0 Å². The van der Waals surface area contributed by atoms with Gasteiger partial charge >= 0.3 is 13.8 Å². The van der Waals surface area contributed by atoms with E-state index in [-0.39, 0.29) is 12.6 Å². The summed E-state index contributed by atoms with van der Waals surface area (Å²) in [5.41, 5.74) is 0. The molecule has 1 atom stereocenters. The number of esters is 1. The van der Waals surface area contributed by atoms with Crippen molar-refractivity contribution in [3.05, 3.63) is 12.7 Å². The zero-order valence-electron chi connectivity index (χ0n) is 13.0. The summed E-state index contributed by atoms with van der Waals surface area (Å²) in [4.78, 5) is 28.4. The molecule has 124 valence electrons. The molecule has 0 amide bonds. The highest BCUT2D eigenvalue weighted by Crippen LogP contribution is 2.36. The van der Waals surface area contributed by atoms with Crippen molar-refractivity contribution in [2.75, 3.05) is 34.4 Å². The molecule has 0 fully saturated rings. The molecule has 0 aromatic rings. The van der Waals surface area contributed by atoms with E-state index in [4.69, 9.17) is 14.5 Å². The lowest BCUT2D eigenvalue weighted by Gasteiger charge is -2.34. The molecule has 0 aromatic carbocycles. The normalized spacial score (nSPS) is 13.8. The van der Waals surface area contributed by atoms with Gasteiger partial charge in [0.2, 0.25) is 0 Å². The number of rotatable bonds is 11. The lowest BCUT2D eigenvalue weighted by molar-refractivity contribution is -0.896. The van der Waals surface area contributed by atoms with Crippen molar-refractivity contribution in [1.29, 1.82) is 0 Å². The van der Waals surface area contributed by atoms with Crippen molar-refractivity contribution >= 4 is 13.8 Å². The summed E-state index contributed by atoms with van der Waals surface area (Å²) < 4.78 is 20.8. The molecule has 0 rings (SSSR count). The number of likely N-dealkylation sites (N-methyl/N-ethyl adjacent to an activating group) is 1. The van der Waals surface area contributed by atoms with Crippen LogP contribution >= 0.6 is 7.82 Å². The Bertz CT molecular complexity index is 373. The van der Waals surface area contributed by atoms with Crippen LogP contribution in [0.25, 0.3) is 0 Å². The predicted molar refractivity (Wildman–Crippen MR) is 79.4 cm³/mol. The minimum Gasteiger partial charge on any atom is -0.463 e.